The second-order valence-electron chi connectivity index (χ2n) is 6.68. The summed E-state index contributed by atoms with van der Waals surface area (Å²) in [6.45, 7) is 2.99. The molecule has 2 heterocycles. The molecule has 0 aliphatic carbocycles. The number of halogens is 1. The van der Waals surface area contributed by atoms with E-state index in [9.17, 15) is 9.18 Å². The first-order valence-electron chi connectivity index (χ1n) is 9.27. The van der Waals surface area contributed by atoms with E-state index >= 15 is 0 Å². The minimum absolute atomic E-state index is 0.00598. The molecule has 6 heteroatoms. The number of rotatable bonds is 4. The number of pyridine rings is 1. The summed E-state index contributed by atoms with van der Waals surface area (Å²) in [5.41, 5.74) is 2.50. The number of amides is 1. The van der Waals surface area contributed by atoms with Crippen molar-refractivity contribution in [3.05, 3.63) is 84.3 Å². The van der Waals surface area contributed by atoms with Crippen molar-refractivity contribution in [2.24, 2.45) is 0 Å². The van der Waals surface area contributed by atoms with Gasteiger partial charge in [0.1, 0.15) is 11.6 Å². The van der Waals surface area contributed by atoms with Gasteiger partial charge < -0.3 is 15.1 Å². The normalized spacial score (nSPS) is 14.0. The first-order valence-corrected chi connectivity index (χ1v) is 9.27. The Bertz CT molecular complexity index is 921. The van der Waals surface area contributed by atoms with Crippen LogP contribution in [0.5, 0.6) is 0 Å². The average molecular weight is 376 g/mol. The van der Waals surface area contributed by atoms with Crippen molar-refractivity contribution in [3.63, 3.8) is 0 Å². The van der Waals surface area contributed by atoms with Gasteiger partial charge in [-0.25, -0.2) is 9.37 Å². The van der Waals surface area contributed by atoms with Crippen molar-refractivity contribution >= 4 is 23.1 Å². The van der Waals surface area contributed by atoms with E-state index in [-0.39, 0.29) is 11.7 Å². The third-order valence-electron chi connectivity index (χ3n) is 4.82. The number of benzene rings is 2. The number of para-hydroxylation sites is 1. The monoisotopic (exact) mass is 376 g/mol. The number of nitrogens with zero attached hydrogens (tertiary/aromatic N) is 3. The van der Waals surface area contributed by atoms with Crippen LogP contribution in [0.4, 0.5) is 21.6 Å². The molecule has 0 atom stereocenters. The lowest BCUT2D eigenvalue weighted by atomic mass is 10.2. The predicted molar refractivity (Wildman–Crippen MR) is 108 cm³/mol. The number of nitrogens with one attached hydrogen (secondary N) is 1. The molecule has 1 aliphatic heterocycles. The minimum atomic E-state index is -0.285. The van der Waals surface area contributed by atoms with E-state index < -0.39 is 0 Å². The van der Waals surface area contributed by atoms with Crippen molar-refractivity contribution < 1.29 is 9.18 Å². The van der Waals surface area contributed by atoms with Crippen molar-refractivity contribution in [1.82, 2.24) is 9.88 Å². The van der Waals surface area contributed by atoms with Gasteiger partial charge in [-0.05, 0) is 48.5 Å². The molecular formula is C22H21FN4O. The lowest BCUT2D eigenvalue weighted by molar-refractivity contribution is 0.0746. The van der Waals surface area contributed by atoms with E-state index in [2.05, 4.69) is 27.3 Å². The maximum atomic E-state index is 13.0. The van der Waals surface area contributed by atoms with Crippen molar-refractivity contribution in [2.75, 3.05) is 36.4 Å². The molecule has 0 unspecified atom stereocenters. The van der Waals surface area contributed by atoms with E-state index in [1.54, 1.807) is 30.5 Å². The highest BCUT2D eigenvalue weighted by Gasteiger charge is 2.22. The third-order valence-corrected chi connectivity index (χ3v) is 4.82. The van der Waals surface area contributed by atoms with Crippen LogP contribution in [0, 0.1) is 5.82 Å². The van der Waals surface area contributed by atoms with E-state index in [0.717, 1.165) is 18.8 Å². The molecule has 0 saturated carbocycles. The molecule has 1 fully saturated rings. The summed E-state index contributed by atoms with van der Waals surface area (Å²) in [6.07, 6.45) is 1.58. The molecule has 4 rings (SSSR count). The van der Waals surface area contributed by atoms with Crippen LogP contribution in [0.25, 0.3) is 0 Å². The Hall–Kier alpha value is -3.41. The van der Waals surface area contributed by atoms with Gasteiger partial charge in [0.15, 0.2) is 0 Å². The van der Waals surface area contributed by atoms with Crippen LogP contribution < -0.4 is 10.2 Å². The summed E-state index contributed by atoms with van der Waals surface area (Å²) < 4.78 is 13.0. The highest BCUT2D eigenvalue weighted by Crippen LogP contribution is 2.18. The fourth-order valence-corrected chi connectivity index (χ4v) is 3.26. The second-order valence-corrected chi connectivity index (χ2v) is 6.68. The van der Waals surface area contributed by atoms with Crippen molar-refractivity contribution in [1.29, 1.82) is 0 Å². The van der Waals surface area contributed by atoms with E-state index in [1.165, 1.54) is 17.8 Å². The first-order chi connectivity index (χ1) is 13.7. The Balaban J connectivity index is 1.35. The number of carbonyl (C=O) groups is 1. The van der Waals surface area contributed by atoms with Crippen LogP contribution in [0.3, 0.4) is 0 Å². The summed E-state index contributed by atoms with van der Waals surface area (Å²) in [7, 11) is 0. The molecule has 28 heavy (non-hydrogen) atoms. The van der Waals surface area contributed by atoms with Gasteiger partial charge in [-0.2, -0.15) is 0 Å². The van der Waals surface area contributed by atoms with Gasteiger partial charge in [-0.1, -0.05) is 18.2 Å². The number of anilines is 3. The zero-order valence-corrected chi connectivity index (χ0v) is 15.4. The smallest absolute Gasteiger partial charge is 0.255 e. The van der Waals surface area contributed by atoms with Gasteiger partial charge in [-0.3, -0.25) is 4.79 Å². The molecule has 2 aromatic carbocycles. The Morgan fingerprint density at radius 2 is 1.61 bits per heavy atom. The number of piperazine rings is 1. The van der Waals surface area contributed by atoms with Crippen molar-refractivity contribution in [3.8, 4) is 0 Å². The summed E-state index contributed by atoms with van der Waals surface area (Å²) in [6, 6.07) is 19.8. The van der Waals surface area contributed by atoms with Gasteiger partial charge in [0.2, 0.25) is 0 Å². The predicted octanol–water partition coefficient (Wildman–Crippen LogP) is 3.93. The van der Waals surface area contributed by atoms with E-state index in [4.69, 9.17) is 0 Å². The molecule has 1 amide bonds. The van der Waals surface area contributed by atoms with Crippen LogP contribution in [-0.4, -0.2) is 42.0 Å². The molecule has 5 nitrogen and oxygen atoms in total. The molecule has 142 valence electrons. The lowest BCUT2D eigenvalue weighted by Gasteiger charge is -2.36. The first kappa shape index (κ1) is 18.0. The van der Waals surface area contributed by atoms with Gasteiger partial charge in [0, 0.05) is 43.8 Å². The minimum Gasteiger partial charge on any atom is -0.368 e. The summed E-state index contributed by atoms with van der Waals surface area (Å²) in [5, 5.41) is 3.09. The van der Waals surface area contributed by atoms with Crippen LogP contribution in [0.1, 0.15) is 10.4 Å². The summed E-state index contributed by atoms with van der Waals surface area (Å²) in [5.74, 6) is 0.317. The summed E-state index contributed by atoms with van der Waals surface area (Å²) >= 11 is 0. The topological polar surface area (TPSA) is 48.5 Å². The number of carbonyl (C=O) groups excluding carboxylic acids is 1. The van der Waals surface area contributed by atoms with E-state index in [1.807, 2.05) is 23.1 Å². The van der Waals surface area contributed by atoms with Crippen molar-refractivity contribution in [2.45, 2.75) is 0 Å². The largest absolute Gasteiger partial charge is 0.368 e. The van der Waals surface area contributed by atoms with Gasteiger partial charge >= 0.3 is 0 Å². The van der Waals surface area contributed by atoms with Gasteiger partial charge in [0.05, 0.1) is 5.56 Å². The Labute approximate surface area is 163 Å². The molecule has 0 bridgehead atoms. The number of aromatic nitrogens is 1. The number of hydrogen-bond acceptors (Lipinski definition) is 4. The fraction of sp³-hybridized carbons (Fsp3) is 0.182. The zero-order valence-electron chi connectivity index (χ0n) is 15.4. The third kappa shape index (κ3) is 4.11. The quantitative estimate of drug-likeness (QED) is 0.750. The highest BCUT2D eigenvalue weighted by molar-refractivity contribution is 5.94. The van der Waals surface area contributed by atoms with Gasteiger partial charge in [0.25, 0.3) is 5.91 Å². The molecule has 0 radical (unpaired) electrons. The Kier molecular flexibility index (Phi) is 5.19. The number of hydrogen-bond donors (Lipinski definition) is 1. The van der Waals surface area contributed by atoms with Crippen LogP contribution in [0.2, 0.25) is 0 Å². The maximum Gasteiger partial charge on any atom is 0.255 e. The second kappa shape index (κ2) is 8.08. The molecule has 1 N–H and O–H groups in total. The molecule has 3 aromatic rings. The highest BCUT2D eigenvalue weighted by atomic mass is 19.1. The average Bonchev–Trinajstić information content (AvgIpc) is 2.76. The molecule has 1 saturated heterocycles. The molecule has 0 spiro atoms. The molecular weight excluding hydrogens is 355 g/mol. The van der Waals surface area contributed by atoms with Crippen LogP contribution in [-0.2, 0) is 0 Å². The fourth-order valence-electron chi connectivity index (χ4n) is 3.26. The zero-order chi connectivity index (χ0) is 19.3. The molecule has 1 aromatic heterocycles. The van der Waals surface area contributed by atoms with E-state index in [0.29, 0.717) is 24.5 Å². The molecule has 1 aliphatic rings. The van der Waals surface area contributed by atoms with Gasteiger partial charge in [-0.15, -0.1) is 0 Å². The lowest BCUT2D eigenvalue weighted by Crippen LogP contribution is -2.48. The maximum absolute atomic E-state index is 13.0. The Morgan fingerprint density at radius 3 is 2.25 bits per heavy atom. The van der Waals surface area contributed by atoms with Crippen LogP contribution >= 0.6 is 0 Å². The van der Waals surface area contributed by atoms with Crippen LogP contribution in [0.15, 0.2) is 72.9 Å². The standard InChI is InChI=1S/C22H21FN4O/c23-18-7-9-19(10-8-18)25-21-11-6-17(16-24-21)22(28)27-14-12-26(13-15-27)20-4-2-1-3-5-20/h1-11,16H,12-15H2,(H,24,25). The summed E-state index contributed by atoms with van der Waals surface area (Å²) in [4.78, 5) is 21.2. The Morgan fingerprint density at radius 1 is 0.893 bits per heavy atom. The SMILES string of the molecule is O=C(c1ccc(Nc2ccc(F)cc2)nc1)N1CCN(c2ccccc2)CC1.